The van der Waals surface area contributed by atoms with Gasteiger partial charge >= 0.3 is 5.97 Å². The number of H-pyrrole nitrogens is 1. The molecule has 0 aliphatic heterocycles. The molecule has 1 aromatic heterocycles. The van der Waals surface area contributed by atoms with Crippen molar-refractivity contribution in [2.75, 3.05) is 11.9 Å². The lowest BCUT2D eigenvalue weighted by Gasteiger charge is -2.11. The Morgan fingerprint density at radius 1 is 1.25 bits per heavy atom. The van der Waals surface area contributed by atoms with Gasteiger partial charge in [0.05, 0.1) is 0 Å². The van der Waals surface area contributed by atoms with E-state index in [4.69, 9.17) is 10.00 Å². The maximum absolute atomic E-state index is 13.1. The van der Waals surface area contributed by atoms with Crippen molar-refractivity contribution in [2.45, 2.75) is 26.7 Å². The van der Waals surface area contributed by atoms with Gasteiger partial charge in [-0.1, -0.05) is 0 Å². The zero-order chi connectivity index (χ0) is 20.8. The predicted molar refractivity (Wildman–Crippen MR) is 95.5 cm³/mol. The summed E-state index contributed by atoms with van der Waals surface area (Å²) >= 11 is 0. The summed E-state index contributed by atoms with van der Waals surface area (Å²) in [4.78, 5) is 37.9. The standard InChI is InChI=1S/C19H17F2N3O4/c1-10-13(11(2)23-19(27)14(10)8-22)4-6-18(26)28-9-17(25)24-12-3-5-15(20)16(21)7-12/h3,5,7H,4,6,9H2,1-2H3,(H,23,27)(H,24,25). The number of aryl methyl sites for hydroxylation is 1. The first kappa shape index (κ1) is 20.8. The number of nitrogens with one attached hydrogen (secondary N) is 2. The zero-order valence-corrected chi connectivity index (χ0v) is 15.2. The molecule has 7 nitrogen and oxygen atoms in total. The van der Waals surface area contributed by atoms with Crippen molar-refractivity contribution in [1.82, 2.24) is 4.98 Å². The highest BCUT2D eigenvalue weighted by Crippen LogP contribution is 2.15. The quantitative estimate of drug-likeness (QED) is 0.736. The molecule has 0 saturated carbocycles. The van der Waals surface area contributed by atoms with E-state index in [0.29, 0.717) is 16.8 Å². The number of rotatable bonds is 6. The molecule has 0 bridgehead atoms. The van der Waals surface area contributed by atoms with Crippen LogP contribution in [-0.2, 0) is 20.7 Å². The van der Waals surface area contributed by atoms with Gasteiger partial charge in [-0.05, 0) is 43.5 Å². The van der Waals surface area contributed by atoms with Gasteiger partial charge in [0.25, 0.3) is 11.5 Å². The summed E-state index contributed by atoms with van der Waals surface area (Å²) in [6.07, 6.45) is 0.143. The molecule has 1 heterocycles. The van der Waals surface area contributed by atoms with Crippen LogP contribution in [0.2, 0.25) is 0 Å². The maximum atomic E-state index is 13.1. The molecular weight excluding hydrogens is 372 g/mol. The number of anilines is 1. The minimum Gasteiger partial charge on any atom is -0.456 e. The van der Waals surface area contributed by atoms with Crippen molar-refractivity contribution in [1.29, 1.82) is 5.26 Å². The van der Waals surface area contributed by atoms with E-state index in [9.17, 15) is 23.2 Å². The van der Waals surface area contributed by atoms with E-state index < -0.39 is 35.7 Å². The number of aromatic amines is 1. The third-order valence-electron chi connectivity index (χ3n) is 4.07. The minimum atomic E-state index is -1.11. The van der Waals surface area contributed by atoms with Crippen LogP contribution in [0.15, 0.2) is 23.0 Å². The second-order valence-corrected chi connectivity index (χ2v) is 6.01. The minimum absolute atomic E-state index is 0.0140. The monoisotopic (exact) mass is 389 g/mol. The summed E-state index contributed by atoms with van der Waals surface area (Å²) in [5.74, 6) is -3.53. The molecule has 146 valence electrons. The highest BCUT2D eigenvalue weighted by molar-refractivity contribution is 5.92. The molecule has 28 heavy (non-hydrogen) atoms. The summed E-state index contributed by atoms with van der Waals surface area (Å²) in [6.45, 7) is 2.69. The third-order valence-corrected chi connectivity index (χ3v) is 4.07. The van der Waals surface area contributed by atoms with Crippen LogP contribution in [0.3, 0.4) is 0 Å². The molecule has 0 aliphatic carbocycles. The van der Waals surface area contributed by atoms with E-state index >= 15 is 0 Å². The van der Waals surface area contributed by atoms with Gasteiger partial charge in [-0.25, -0.2) is 8.78 Å². The van der Waals surface area contributed by atoms with Crippen LogP contribution in [-0.4, -0.2) is 23.5 Å². The van der Waals surface area contributed by atoms with Crippen molar-refractivity contribution in [3.63, 3.8) is 0 Å². The lowest BCUT2D eigenvalue weighted by Crippen LogP contribution is -2.21. The Balaban J connectivity index is 1.89. The number of nitriles is 1. The lowest BCUT2D eigenvalue weighted by atomic mass is 9.99. The number of carbonyl (C=O) groups excluding carboxylic acids is 2. The Morgan fingerprint density at radius 2 is 1.96 bits per heavy atom. The fraction of sp³-hybridized carbons (Fsp3) is 0.263. The number of hydrogen-bond donors (Lipinski definition) is 2. The fourth-order valence-corrected chi connectivity index (χ4v) is 2.64. The number of nitrogens with zero attached hydrogens (tertiary/aromatic N) is 1. The van der Waals surface area contributed by atoms with Crippen molar-refractivity contribution < 1.29 is 23.1 Å². The molecule has 2 aromatic rings. The Labute approximate surface area is 158 Å². The predicted octanol–water partition coefficient (Wildman–Crippen LogP) is 2.26. The Kier molecular flexibility index (Phi) is 6.60. The normalized spacial score (nSPS) is 10.2. The molecule has 0 saturated heterocycles. The smallest absolute Gasteiger partial charge is 0.306 e. The molecule has 0 radical (unpaired) electrons. The second-order valence-electron chi connectivity index (χ2n) is 6.01. The van der Waals surface area contributed by atoms with E-state index in [-0.39, 0.29) is 24.1 Å². The summed E-state index contributed by atoms with van der Waals surface area (Å²) < 4.78 is 30.8. The summed E-state index contributed by atoms with van der Waals surface area (Å²) in [7, 11) is 0. The summed E-state index contributed by atoms with van der Waals surface area (Å²) in [5, 5.41) is 11.3. The van der Waals surface area contributed by atoms with Gasteiger partial charge in [0.1, 0.15) is 11.6 Å². The molecule has 1 aromatic carbocycles. The van der Waals surface area contributed by atoms with Crippen molar-refractivity contribution in [3.8, 4) is 6.07 Å². The number of carbonyl (C=O) groups is 2. The van der Waals surface area contributed by atoms with Gasteiger partial charge in [0.15, 0.2) is 18.2 Å². The SMILES string of the molecule is Cc1[nH]c(=O)c(C#N)c(C)c1CCC(=O)OCC(=O)Nc1ccc(F)c(F)c1. The Hall–Kier alpha value is -3.54. The third kappa shape index (κ3) is 5.01. The van der Waals surface area contributed by atoms with Crippen LogP contribution >= 0.6 is 0 Å². The fourth-order valence-electron chi connectivity index (χ4n) is 2.64. The molecule has 0 spiro atoms. The highest BCUT2D eigenvalue weighted by Gasteiger charge is 2.15. The molecule has 2 rings (SSSR count). The number of aromatic nitrogens is 1. The molecule has 9 heteroatoms. The number of benzene rings is 1. The molecular formula is C19H17F2N3O4. The van der Waals surface area contributed by atoms with Crippen LogP contribution in [0.5, 0.6) is 0 Å². The number of hydrogen-bond acceptors (Lipinski definition) is 5. The molecule has 0 unspecified atom stereocenters. The highest BCUT2D eigenvalue weighted by atomic mass is 19.2. The first-order valence-electron chi connectivity index (χ1n) is 8.26. The van der Waals surface area contributed by atoms with Crippen molar-refractivity contribution in [3.05, 3.63) is 62.6 Å². The first-order chi connectivity index (χ1) is 13.2. The van der Waals surface area contributed by atoms with Crippen LogP contribution in [0.4, 0.5) is 14.5 Å². The number of esters is 1. The maximum Gasteiger partial charge on any atom is 0.306 e. The van der Waals surface area contributed by atoms with Gasteiger partial charge in [-0.15, -0.1) is 0 Å². The molecule has 0 fully saturated rings. The largest absolute Gasteiger partial charge is 0.456 e. The van der Waals surface area contributed by atoms with Crippen LogP contribution in [0.1, 0.15) is 28.8 Å². The summed E-state index contributed by atoms with van der Waals surface area (Å²) in [5.41, 5.74) is 1.22. The average Bonchev–Trinajstić information content (AvgIpc) is 2.63. The van der Waals surface area contributed by atoms with Gasteiger partial charge in [-0.2, -0.15) is 5.26 Å². The van der Waals surface area contributed by atoms with E-state index in [1.165, 1.54) is 6.07 Å². The molecule has 0 aliphatic rings. The lowest BCUT2D eigenvalue weighted by molar-refractivity contribution is -0.147. The van der Waals surface area contributed by atoms with Crippen molar-refractivity contribution in [2.24, 2.45) is 0 Å². The number of amides is 1. The van der Waals surface area contributed by atoms with E-state index in [2.05, 4.69) is 10.3 Å². The first-order valence-corrected chi connectivity index (χ1v) is 8.26. The molecule has 2 N–H and O–H groups in total. The van der Waals surface area contributed by atoms with Gasteiger partial charge in [0, 0.05) is 23.9 Å². The van der Waals surface area contributed by atoms with Crippen LogP contribution in [0, 0.1) is 36.8 Å². The van der Waals surface area contributed by atoms with E-state index in [1.54, 1.807) is 13.8 Å². The number of pyridine rings is 1. The van der Waals surface area contributed by atoms with Crippen molar-refractivity contribution >= 4 is 17.6 Å². The zero-order valence-electron chi connectivity index (χ0n) is 15.2. The summed E-state index contributed by atoms with van der Waals surface area (Å²) in [6, 6.07) is 4.67. The Bertz CT molecular complexity index is 1030. The van der Waals surface area contributed by atoms with Crippen LogP contribution < -0.4 is 10.9 Å². The topological polar surface area (TPSA) is 112 Å². The average molecular weight is 389 g/mol. The van der Waals surface area contributed by atoms with E-state index in [1.807, 2.05) is 6.07 Å². The second kappa shape index (κ2) is 8.90. The Morgan fingerprint density at radius 3 is 2.61 bits per heavy atom. The number of ether oxygens (including phenoxy) is 1. The number of halogens is 2. The van der Waals surface area contributed by atoms with Gasteiger partial charge in [0.2, 0.25) is 0 Å². The molecule has 0 atom stereocenters. The van der Waals surface area contributed by atoms with Gasteiger partial charge in [-0.3, -0.25) is 14.4 Å². The van der Waals surface area contributed by atoms with Crippen LogP contribution in [0.25, 0.3) is 0 Å². The van der Waals surface area contributed by atoms with E-state index in [0.717, 1.165) is 12.1 Å². The molecule has 1 amide bonds. The van der Waals surface area contributed by atoms with Gasteiger partial charge < -0.3 is 15.0 Å².